The lowest BCUT2D eigenvalue weighted by atomic mass is 10.1. The largest absolute Gasteiger partial charge is 0.279 e. The number of amides is 1. The fourth-order valence-corrected chi connectivity index (χ4v) is 6.16. The molecule has 38 heavy (non-hydrogen) atoms. The van der Waals surface area contributed by atoms with Crippen molar-refractivity contribution >= 4 is 48.3 Å². The van der Waals surface area contributed by atoms with E-state index >= 15 is 0 Å². The molecule has 0 saturated heterocycles. The lowest BCUT2D eigenvalue weighted by molar-refractivity contribution is 0.0986. The molecule has 192 valence electrons. The van der Waals surface area contributed by atoms with Gasteiger partial charge in [-0.1, -0.05) is 53.3 Å². The van der Waals surface area contributed by atoms with Crippen LogP contribution >= 0.6 is 11.3 Å². The average molecular weight is 543 g/mol. The molecule has 0 aliphatic heterocycles. The van der Waals surface area contributed by atoms with E-state index in [2.05, 4.69) is 9.71 Å². The van der Waals surface area contributed by atoms with E-state index in [1.165, 1.54) is 11.3 Å². The van der Waals surface area contributed by atoms with Crippen molar-refractivity contribution in [3.8, 4) is 0 Å². The number of thiazole rings is 1. The number of nitrogens with zero attached hydrogens (tertiary/aromatic N) is 3. The van der Waals surface area contributed by atoms with E-state index in [1.54, 1.807) is 65.8 Å². The van der Waals surface area contributed by atoms with E-state index < -0.39 is 10.0 Å². The van der Waals surface area contributed by atoms with Crippen LogP contribution in [0.2, 0.25) is 0 Å². The number of hydrogen-bond donors (Lipinski definition) is 1. The minimum atomic E-state index is -3.91. The Kier molecular flexibility index (Phi) is 6.96. The van der Waals surface area contributed by atoms with Crippen LogP contribution in [0.4, 0.5) is 10.8 Å². The molecule has 2 heterocycles. The number of hydrogen-bond acceptors (Lipinski definition) is 6. The highest BCUT2D eigenvalue weighted by molar-refractivity contribution is 7.92. The molecule has 2 aromatic heterocycles. The molecule has 5 rings (SSSR count). The molecule has 0 radical (unpaired) electrons. The molecule has 9 heteroatoms. The molecule has 0 aliphatic rings. The third kappa shape index (κ3) is 5.16. The van der Waals surface area contributed by atoms with Crippen LogP contribution in [0.3, 0.4) is 0 Å². The molecule has 0 aliphatic carbocycles. The molecule has 0 fully saturated rings. The van der Waals surface area contributed by atoms with Gasteiger partial charge in [-0.2, -0.15) is 0 Å². The van der Waals surface area contributed by atoms with Crippen molar-refractivity contribution in [1.29, 1.82) is 0 Å². The number of pyridine rings is 1. The summed E-state index contributed by atoms with van der Waals surface area (Å²) in [5.74, 6) is -0.371. The van der Waals surface area contributed by atoms with Gasteiger partial charge in [-0.15, -0.1) is 0 Å². The maximum Gasteiger partial charge on any atom is 0.262 e. The van der Waals surface area contributed by atoms with Crippen LogP contribution in [0.15, 0.2) is 90.1 Å². The van der Waals surface area contributed by atoms with Gasteiger partial charge in [0.15, 0.2) is 5.13 Å². The number of nitrogens with one attached hydrogen (secondary N) is 1. The van der Waals surface area contributed by atoms with Crippen molar-refractivity contribution in [3.63, 3.8) is 0 Å². The molecule has 0 bridgehead atoms. The van der Waals surface area contributed by atoms with Gasteiger partial charge >= 0.3 is 0 Å². The second-order valence-corrected chi connectivity index (χ2v) is 11.8. The Morgan fingerprint density at radius 2 is 1.71 bits per heavy atom. The van der Waals surface area contributed by atoms with E-state index in [1.807, 2.05) is 45.0 Å². The number of carbonyl (C=O) groups is 1. The number of benzene rings is 3. The zero-order chi connectivity index (χ0) is 26.9. The van der Waals surface area contributed by atoms with Crippen molar-refractivity contribution < 1.29 is 13.2 Å². The highest BCUT2D eigenvalue weighted by atomic mass is 32.2. The maximum absolute atomic E-state index is 14.1. The van der Waals surface area contributed by atoms with Crippen molar-refractivity contribution in [1.82, 2.24) is 9.97 Å². The molecule has 0 atom stereocenters. The van der Waals surface area contributed by atoms with Crippen molar-refractivity contribution in [3.05, 3.63) is 113 Å². The van der Waals surface area contributed by atoms with E-state index in [4.69, 9.17) is 4.98 Å². The minimum Gasteiger partial charge on any atom is -0.279 e. The Labute approximate surface area is 225 Å². The van der Waals surface area contributed by atoms with Crippen LogP contribution in [-0.4, -0.2) is 24.3 Å². The highest BCUT2D eigenvalue weighted by Crippen LogP contribution is 2.34. The van der Waals surface area contributed by atoms with Crippen LogP contribution in [0.1, 0.15) is 32.6 Å². The maximum atomic E-state index is 14.1. The number of anilines is 2. The normalized spacial score (nSPS) is 11.4. The van der Waals surface area contributed by atoms with Crippen molar-refractivity contribution in [2.45, 2.75) is 32.2 Å². The number of aromatic nitrogens is 2. The van der Waals surface area contributed by atoms with Crippen LogP contribution in [0.25, 0.3) is 10.2 Å². The summed E-state index contributed by atoms with van der Waals surface area (Å²) >= 11 is 1.42. The molecular formula is C29H26N4O3S2. The topological polar surface area (TPSA) is 92.3 Å². The van der Waals surface area contributed by atoms with Crippen molar-refractivity contribution in [2.75, 3.05) is 9.62 Å². The van der Waals surface area contributed by atoms with Crippen molar-refractivity contribution in [2.24, 2.45) is 0 Å². The summed E-state index contributed by atoms with van der Waals surface area (Å²) in [5, 5.41) is 0.527. The summed E-state index contributed by atoms with van der Waals surface area (Å²) in [6.07, 6.45) is 3.38. The molecule has 5 aromatic rings. The second kappa shape index (κ2) is 10.4. The number of aryl methyl sites for hydroxylation is 3. The first-order chi connectivity index (χ1) is 18.2. The lowest BCUT2D eigenvalue weighted by Crippen LogP contribution is -2.31. The summed E-state index contributed by atoms with van der Waals surface area (Å²) in [6.45, 7) is 6.16. The fourth-order valence-electron chi connectivity index (χ4n) is 4.06. The number of sulfonamides is 1. The molecular weight excluding hydrogens is 516 g/mol. The van der Waals surface area contributed by atoms with E-state index in [0.29, 0.717) is 5.13 Å². The second-order valence-electron chi connectivity index (χ2n) is 9.07. The SMILES string of the molecule is Cc1ccc(S(=O)(=O)Nc2ccccc2C(=O)N(Cc2cccnc2)c2nc3c(C)c(C)ccc3s2)cc1. The highest BCUT2D eigenvalue weighted by Gasteiger charge is 2.26. The Morgan fingerprint density at radius 1 is 0.947 bits per heavy atom. The standard InChI is InChI=1S/C29H26N4O3S2/c1-19-10-13-23(14-11-19)38(35,36)32-25-9-5-4-8-24(25)28(34)33(18-22-7-6-16-30-17-22)29-31-27-21(3)20(2)12-15-26(27)37-29/h4-17,32H,18H2,1-3H3. The minimum absolute atomic E-state index is 0.120. The number of carbonyl (C=O) groups excluding carboxylic acids is 1. The molecule has 1 N–H and O–H groups in total. The summed E-state index contributed by atoms with van der Waals surface area (Å²) < 4.78 is 29.9. The van der Waals surface area contributed by atoms with Gasteiger partial charge in [-0.3, -0.25) is 19.4 Å². The van der Waals surface area contributed by atoms with Gasteiger partial charge in [-0.05, 0) is 73.9 Å². The first-order valence-electron chi connectivity index (χ1n) is 12.0. The predicted molar refractivity (Wildman–Crippen MR) is 152 cm³/mol. The molecule has 1 amide bonds. The molecule has 7 nitrogen and oxygen atoms in total. The summed E-state index contributed by atoms with van der Waals surface area (Å²) in [6, 6.07) is 20.9. The van der Waals surface area contributed by atoms with Gasteiger partial charge in [-0.25, -0.2) is 13.4 Å². The lowest BCUT2D eigenvalue weighted by Gasteiger charge is -2.22. The van der Waals surface area contributed by atoms with Gasteiger partial charge < -0.3 is 0 Å². The Hall–Kier alpha value is -4.08. The number of fused-ring (bicyclic) bond motifs is 1. The van der Waals surface area contributed by atoms with Gasteiger partial charge in [0.05, 0.1) is 32.9 Å². The van der Waals surface area contributed by atoms with Gasteiger partial charge in [0.25, 0.3) is 15.9 Å². The van der Waals surface area contributed by atoms with E-state index in [9.17, 15) is 13.2 Å². The van der Waals surface area contributed by atoms with E-state index in [0.717, 1.165) is 32.5 Å². The van der Waals surface area contributed by atoms with Crippen LogP contribution < -0.4 is 9.62 Å². The summed E-state index contributed by atoms with van der Waals surface area (Å²) in [5.41, 5.74) is 5.22. The Morgan fingerprint density at radius 3 is 2.45 bits per heavy atom. The number of rotatable bonds is 7. The molecule has 0 saturated carbocycles. The first-order valence-corrected chi connectivity index (χ1v) is 14.3. The third-order valence-electron chi connectivity index (χ3n) is 6.35. The smallest absolute Gasteiger partial charge is 0.262 e. The third-order valence-corrected chi connectivity index (χ3v) is 8.77. The Balaban J connectivity index is 1.56. The first kappa shape index (κ1) is 25.6. The monoisotopic (exact) mass is 542 g/mol. The van der Waals surface area contributed by atoms with Gasteiger partial charge in [0.2, 0.25) is 0 Å². The Bertz CT molecular complexity index is 1730. The molecule has 0 spiro atoms. The summed E-state index contributed by atoms with van der Waals surface area (Å²) in [4.78, 5) is 24.8. The van der Waals surface area contributed by atoms with Gasteiger partial charge in [0, 0.05) is 12.4 Å². The predicted octanol–water partition coefficient (Wildman–Crippen LogP) is 6.26. The molecule has 3 aromatic carbocycles. The average Bonchev–Trinajstić information content (AvgIpc) is 3.35. The fraction of sp³-hybridized carbons (Fsp3) is 0.138. The van der Waals surface area contributed by atoms with E-state index in [-0.39, 0.29) is 28.6 Å². The zero-order valence-electron chi connectivity index (χ0n) is 21.2. The quantitative estimate of drug-likeness (QED) is 0.262. The van der Waals surface area contributed by atoms with Gasteiger partial charge in [0.1, 0.15) is 0 Å². The summed E-state index contributed by atoms with van der Waals surface area (Å²) in [7, 11) is -3.91. The van der Waals surface area contributed by atoms with Crippen LogP contribution in [0, 0.1) is 20.8 Å². The van der Waals surface area contributed by atoms with Crippen LogP contribution in [-0.2, 0) is 16.6 Å². The molecule has 0 unspecified atom stereocenters. The zero-order valence-corrected chi connectivity index (χ0v) is 22.8. The van der Waals surface area contributed by atoms with Crippen LogP contribution in [0.5, 0.6) is 0 Å². The number of para-hydroxylation sites is 1.